The molecule has 1 aromatic heterocycles. The molecular formula is C23H22O3S2. The average molecular weight is 411 g/mol. The van der Waals surface area contributed by atoms with Gasteiger partial charge in [-0.2, -0.15) is 0 Å². The zero-order valence-electron chi connectivity index (χ0n) is 15.6. The molecule has 2 unspecified atom stereocenters. The maximum absolute atomic E-state index is 12.5. The molecule has 28 heavy (non-hydrogen) atoms. The summed E-state index contributed by atoms with van der Waals surface area (Å²) < 4.78 is 11.4. The molecule has 0 aliphatic heterocycles. The van der Waals surface area contributed by atoms with Crippen molar-refractivity contribution < 1.29 is 13.9 Å². The van der Waals surface area contributed by atoms with E-state index in [0.29, 0.717) is 12.2 Å². The van der Waals surface area contributed by atoms with Crippen LogP contribution in [0.5, 0.6) is 0 Å². The van der Waals surface area contributed by atoms with Crippen LogP contribution in [0.3, 0.4) is 0 Å². The van der Waals surface area contributed by atoms with E-state index in [9.17, 15) is 4.79 Å². The lowest BCUT2D eigenvalue weighted by atomic mass is 10.0. The predicted molar refractivity (Wildman–Crippen MR) is 117 cm³/mol. The third kappa shape index (κ3) is 5.81. The second kappa shape index (κ2) is 10.2. The summed E-state index contributed by atoms with van der Waals surface area (Å²) in [5, 5.41) is 0.0695. The van der Waals surface area contributed by atoms with Crippen LogP contribution in [0, 0.1) is 5.92 Å². The van der Waals surface area contributed by atoms with Crippen molar-refractivity contribution in [3.8, 4) is 0 Å². The highest BCUT2D eigenvalue weighted by molar-refractivity contribution is 8.23. The molecule has 3 rings (SSSR count). The molecule has 0 radical (unpaired) electrons. The Morgan fingerprint density at radius 3 is 2.36 bits per heavy atom. The lowest BCUT2D eigenvalue weighted by Gasteiger charge is -2.21. The first-order chi connectivity index (χ1) is 13.6. The van der Waals surface area contributed by atoms with Gasteiger partial charge in [-0.1, -0.05) is 79.8 Å². The van der Waals surface area contributed by atoms with Gasteiger partial charge >= 0.3 is 5.97 Å². The summed E-state index contributed by atoms with van der Waals surface area (Å²) in [5.74, 6) is 0.148. The van der Waals surface area contributed by atoms with Crippen molar-refractivity contribution in [1.82, 2.24) is 0 Å². The van der Waals surface area contributed by atoms with Gasteiger partial charge in [0.05, 0.1) is 16.4 Å². The van der Waals surface area contributed by atoms with Crippen LogP contribution in [0.15, 0.2) is 83.5 Å². The van der Waals surface area contributed by atoms with Crippen molar-refractivity contribution >= 4 is 34.1 Å². The summed E-state index contributed by atoms with van der Waals surface area (Å²) in [6, 6.07) is 23.7. The molecule has 144 valence electrons. The largest absolute Gasteiger partial charge is 0.466 e. The first-order valence-corrected chi connectivity index (χ1v) is 10.4. The summed E-state index contributed by atoms with van der Waals surface area (Å²) in [6.45, 7) is 2.05. The minimum Gasteiger partial charge on any atom is -0.466 e. The van der Waals surface area contributed by atoms with Crippen molar-refractivity contribution in [3.63, 3.8) is 0 Å². The van der Waals surface area contributed by atoms with Crippen molar-refractivity contribution in [1.29, 1.82) is 0 Å². The van der Waals surface area contributed by atoms with Gasteiger partial charge in [-0.05, 0) is 29.7 Å². The molecule has 1 heterocycles. The summed E-state index contributed by atoms with van der Waals surface area (Å²) in [5.41, 5.74) is 2.17. The van der Waals surface area contributed by atoms with E-state index in [4.69, 9.17) is 21.4 Å². The van der Waals surface area contributed by atoms with E-state index in [1.807, 2.05) is 55.5 Å². The van der Waals surface area contributed by atoms with Crippen LogP contribution in [-0.4, -0.2) is 10.2 Å². The zero-order chi connectivity index (χ0) is 19.8. The molecule has 0 saturated carbocycles. The van der Waals surface area contributed by atoms with Crippen LogP contribution in [0.25, 0.3) is 0 Å². The van der Waals surface area contributed by atoms with E-state index in [-0.39, 0.29) is 23.7 Å². The van der Waals surface area contributed by atoms with Crippen LogP contribution in [0.4, 0.5) is 0 Å². The molecule has 0 spiro atoms. The predicted octanol–water partition coefficient (Wildman–Crippen LogP) is 6.20. The first kappa shape index (κ1) is 20.4. The monoisotopic (exact) mass is 410 g/mol. The highest BCUT2D eigenvalue weighted by atomic mass is 32.2. The van der Waals surface area contributed by atoms with Crippen molar-refractivity contribution in [2.45, 2.75) is 25.2 Å². The fourth-order valence-electron chi connectivity index (χ4n) is 2.79. The molecule has 0 amide bonds. The highest BCUT2D eigenvalue weighted by Gasteiger charge is 2.23. The minimum atomic E-state index is -0.258. The Bertz CT molecular complexity index is 877. The van der Waals surface area contributed by atoms with Gasteiger partial charge in [-0.25, -0.2) is 0 Å². The number of esters is 1. The highest BCUT2D eigenvalue weighted by Crippen LogP contribution is 2.37. The number of hydrogen-bond donors (Lipinski definition) is 0. The lowest BCUT2D eigenvalue weighted by molar-refractivity contribution is -0.150. The topological polar surface area (TPSA) is 39.4 Å². The molecule has 5 heteroatoms. The van der Waals surface area contributed by atoms with E-state index < -0.39 is 0 Å². The van der Waals surface area contributed by atoms with Crippen LogP contribution >= 0.6 is 24.0 Å². The van der Waals surface area contributed by atoms with Gasteiger partial charge in [0.15, 0.2) is 0 Å². The Morgan fingerprint density at radius 1 is 1.04 bits per heavy atom. The van der Waals surface area contributed by atoms with E-state index in [1.54, 1.807) is 30.2 Å². The minimum absolute atomic E-state index is 0.0695. The molecule has 0 aliphatic rings. The first-order valence-electron chi connectivity index (χ1n) is 9.13. The van der Waals surface area contributed by atoms with Gasteiger partial charge in [0.1, 0.15) is 12.4 Å². The van der Waals surface area contributed by atoms with Crippen LogP contribution in [-0.2, 0) is 16.1 Å². The molecule has 0 aliphatic carbocycles. The smallest absolute Gasteiger partial charge is 0.309 e. The number of rotatable bonds is 8. The van der Waals surface area contributed by atoms with E-state index in [0.717, 1.165) is 15.3 Å². The molecule has 2 atom stereocenters. The standard InChI is InChI=1S/C23H22O3S2/c1-17(22(24)26-16-20-13-8-14-25-20)15-21(18-9-4-2-5-10-18)28-23(27)19-11-6-3-7-12-19/h2-14,17,21H,15-16H2,1H3. The number of hydrogen-bond acceptors (Lipinski definition) is 5. The van der Waals surface area contributed by atoms with E-state index in [1.165, 1.54) is 0 Å². The van der Waals surface area contributed by atoms with Gasteiger partial charge in [0, 0.05) is 5.25 Å². The third-order valence-corrected chi connectivity index (χ3v) is 6.06. The van der Waals surface area contributed by atoms with Gasteiger partial charge in [0.2, 0.25) is 0 Å². The molecule has 3 aromatic rings. The van der Waals surface area contributed by atoms with Crippen molar-refractivity contribution in [2.75, 3.05) is 0 Å². The molecular weight excluding hydrogens is 388 g/mol. The molecule has 2 aromatic carbocycles. The second-order valence-corrected chi connectivity index (χ2v) is 8.37. The molecule has 0 fully saturated rings. The Kier molecular flexibility index (Phi) is 7.46. The van der Waals surface area contributed by atoms with Gasteiger partial charge in [-0.15, -0.1) is 11.8 Å². The zero-order valence-corrected chi connectivity index (χ0v) is 17.2. The Hall–Kier alpha value is -2.37. The number of furan rings is 1. The second-order valence-electron chi connectivity index (χ2n) is 6.49. The van der Waals surface area contributed by atoms with E-state index in [2.05, 4.69) is 12.1 Å². The summed E-state index contributed by atoms with van der Waals surface area (Å²) in [4.78, 5) is 12.5. The molecule has 0 bridgehead atoms. The number of ether oxygens (including phenoxy) is 1. The lowest BCUT2D eigenvalue weighted by Crippen LogP contribution is -2.17. The van der Waals surface area contributed by atoms with Gasteiger partial charge < -0.3 is 9.15 Å². The van der Waals surface area contributed by atoms with Crippen LogP contribution in [0.1, 0.15) is 35.5 Å². The number of benzene rings is 2. The third-order valence-electron chi connectivity index (χ3n) is 4.34. The van der Waals surface area contributed by atoms with Crippen LogP contribution in [0.2, 0.25) is 0 Å². The molecule has 0 saturated heterocycles. The Morgan fingerprint density at radius 2 is 1.71 bits per heavy atom. The van der Waals surface area contributed by atoms with Crippen molar-refractivity contribution in [3.05, 3.63) is 95.9 Å². The maximum atomic E-state index is 12.5. The fourth-order valence-corrected chi connectivity index (χ4v) is 4.48. The summed E-state index contributed by atoms with van der Waals surface area (Å²) in [7, 11) is 0. The molecule has 0 N–H and O–H groups in total. The van der Waals surface area contributed by atoms with Gasteiger partial charge in [-0.3, -0.25) is 4.79 Å². The SMILES string of the molecule is CC(CC(SC(=S)c1ccccc1)c1ccccc1)C(=O)OCc1ccco1. The number of thioether (sulfide) groups is 1. The van der Waals surface area contributed by atoms with Crippen LogP contribution < -0.4 is 0 Å². The van der Waals surface area contributed by atoms with Gasteiger partial charge in [0.25, 0.3) is 0 Å². The maximum Gasteiger partial charge on any atom is 0.309 e. The summed E-state index contributed by atoms with van der Waals surface area (Å²) in [6.07, 6.45) is 2.21. The summed E-state index contributed by atoms with van der Waals surface area (Å²) >= 11 is 7.27. The Balaban J connectivity index is 1.66. The number of thiocarbonyl (C=S) groups is 1. The quantitative estimate of drug-likeness (QED) is 0.327. The molecule has 3 nitrogen and oxygen atoms in total. The number of carbonyl (C=O) groups is 1. The van der Waals surface area contributed by atoms with Crippen molar-refractivity contribution in [2.24, 2.45) is 5.92 Å². The number of carbonyl (C=O) groups excluding carboxylic acids is 1. The Labute approximate surface area is 175 Å². The normalized spacial score (nSPS) is 12.9. The average Bonchev–Trinajstić information content (AvgIpc) is 3.26. The van der Waals surface area contributed by atoms with E-state index >= 15 is 0 Å². The fraction of sp³-hybridized carbons (Fsp3) is 0.217.